The first-order valence-electron chi connectivity index (χ1n) is 7.97. The molecule has 0 radical (unpaired) electrons. The summed E-state index contributed by atoms with van der Waals surface area (Å²) in [5.41, 5.74) is 0. The van der Waals surface area contributed by atoms with E-state index in [1.165, 1.54) is 6.42 Å². The van der Waals surface area contributed by atoms with Crippen LogP contribution in [0.5, 0.6) is 0 Å². The van der Waals surface area contributed by atoms with E-state index in [-0.39, 0.29) is 6.04 Å². The van der Waals surface area contributed by atoms with Crippen molar-refractivity contribution in [3.8, 4) is 0 Å². The predicted octanol–water partition coefficient (Wildman–Crippen LogP) is 1.53. The normalized spacial score (nSPS) is 19.1. The van der Waals surface area contributed by atoms with Crippen molar-refractivity contribution in [3.63, 3.8) is 0 Å². The molecule has 3 heterocycles. The zero-order chi connectivity index (χ0) is 16.2. The number of aromatic nitrogens is 4. The second-order valence-corrected chi connectivity index (χ2v) is 5.79. The first kappa shape index (κ1) is 15.7. The highest BCUT2D eigenvalue weighted by atomic mass is 16.4. The van der Waals surface area contributed by atoms with Gasteiger partial charge in [-0.2, -0.15) is 0 Å². The lowest BCUT2D eigenvalue weighted by molar-refractivity contribution is 0.394. The maximum atomic E-state index is 5.48. The SMILES string of the molecule is CNc1cc(N2CCCC2CNC(C)c2nnc(C)o2)ncn1. The molecule has 1 fully saturated rings. The second kappa shape index (κ2) is 6.91. The average molecular weight is 317 g/mol. The molecular formula is C15H23N7O. The highest BCUT2D eigenvalue weighted by Gasteiger charge is 2.26. The summed E-state index contributed by atoms with van der Waals surface area (Å²) in [6.07, 6.45) is 3.91. The Kier molecular flexibility index (Phi) is 4.71. The molecular weight excluding hydrogens is 294 g/mol. The Morgan fingerprint density at radius 3 is 3.00 bits per heavy atom. The Morgan fingerprint density at radius 1 is 1.39 bits per heavy atom. The summed E-state index contributed by atoms with van der Waals surface area (Å²) >= 11 is 0. The fraction of sp³-hybridized carbons (Fsp3) is 0.600. The van der Waals surface area contributed by atoms with E-state index in [0.29, 0.717) is 17.8 Å². The van der Waals surface area contributed by atoms with Crippen molar-refractivity contribution in [3.05, 3.63) is 24.2 Å². The zero-order valence-electron chi connectivity index (χ0n) is 13.8. The number of nitrogens with one attached hydrogen (secondary N) is 2. The van der Waals surface area contributed by atoms with Crippen LogP contribution in [-0.2, 0) is 0 Å². The maximum Gasteiger partial charge on any atom is 0.233 e. The van der Waals surface area contributed by atoms with Crippen molar-refractivity contribution < 1.29 is 4.42 Å². The van der Waals surface area contributed by atoms with Crippen LogP contribution in [0.2, 0.25) is 0 Å². The first-order chi connectivity index (χ1) is 11.2. The van der Waals surface area contributed by atoms with Gasteiger partial charge in [0.1, 0.15) is 18.0 Å². The van der Waals surface area contributed by atoms with Gasteiger partial charge in [0.15, 0.2) is 0 Å². The Hall–Kier alpha value is -2.22. The second-order valence-electron chi connectivity index (χ2n) is 5.79. The topological polar surface area (TPSA) is 92.0 Å². The third kappa shape index (κ3) is 3.58. The van der Waals surface area contributed by atoms with Crippen molar-refractivity contribution in [1.82, 2.24) is 25.5 Å². The van der Waals surface area contributed by atoms with Gasteiger partial charge < -0.3 is 20.0 Å². The van der Waals surface area contributed by atoms with Crippen LogP contribution in [-0.4, -0.2) is 46.3 Å². The number of nitrogens with zero attached hydrogens (tertiary/aromatic N) is 5. The molecule has 124 valence electrons. The largest absolute Gasteiger partial charge is 0.424 e. The van der Waals surface area contributed by atoms with Crippen molar-refractivity contribution in [2.75, 3.05) is 30.4 Å². The first-order valence-corrected chi connectivity index (χ1v) is 7.97. The third-order valence-electron chi connectivity index (χ3n) is 4.15. The maximum absolute atomic E-state index is 5.48. The minimum Gasteiger partial charge on any atom is -0.424 e. The minimum absolute atomic E-state index is 0.0388. The number of hydrogen-bond donors (Lipinski definition) is 2. The van der Waals surface area contributed by atoms with E-state index < -0.39 is 0 Å². The fourth-order valence-corrected chi connectivity index (χ4v) is 2.88. The van der Waals surface area contributed by atoms with E-state index in [0.717, 1.165) is 31.1 Å². The quantitative estimate of drug-likeness (QED) is 0.829. The smallest absolute Gasteiger partial charge is 0.233 e. The van der Waals surface area contributed by atoms with Gasteiger partial charge in [-0.1, -0.05) is 0 Å². The lowest BCUT2D eigenvalue weighted by Gasteiger charge is -2.27. The highest BCUT2D eigenvalue weighted by molar-refractivity contribution is 5.49. The van der Waals surface area contributed by atoms with Crippen LogP contribution >= 0.6 is 0 Å². The molecule has 1 saturated heterocycles. The monoisotopic (exact) mass is 317 g/mol. The van der Waals surface area contributed by atoms with E-state index in [9.17, 15) is 0 Å². The Morgan fingerprint density at radius 2 is 2.26 bits per heavy atom. The number of anilines is 2. The van der Waals surface area contributed by atoms with E-state index in [2.05, 4.69) is 35.7 Å². The molecule has 0 aliphatic carbocycles. The van der Waals surface area contributed by atoms with Crippen molar-refractivity contribution in [2.45, 2.75) is 38.8 Å². The van der Waals surface area contributed by atoms with E-state index in [4.69, 9.17) is 4.42 Å². The van der Waals surface area contributed by atoms with Gasteiger partial charge in [-0.25, -0.2) is 9.97 Å². The molecule has 23 heavy (non-hydrogen) atoms. The van der Waals surface area contributed by atoms with E-state index in [1.54, 1.807) is 13.3 Å². The molecule has 0 amide bonds. The molecule has 0 bridgehead atoms. The van der Waals surface area contributed by atoms with Crippen LogP contribution < -0.4 is 15.5 Å². The van der Waals surface area contributed by atoms with Gasteiger partial charge in [-0.3, -0.25) is 0 Å². The molecule has 2 N–H and O–H groups in total. The van der Waals surface area contributed by atoms with Crippen molar-refractivity contribution in [2.24, 2.45) is 0 Å². The van der Waals surface area contributed by atoms with Crippen molar-refractivity contribution >= 4 is 11.6 Å². The molecule has 8 nitrogen and oxygen atoms in total. The Labute approximate surface area is 135 Å². The van der Waals surface area contributed by atoms with Gasteiger partial charge in [0, 0.05) is 39.2 Å². The number of aryl methyl sites for hydroxylation is 1. The van der Waals surface area contributed by atoms with E-state index in [1.807, 2.05) is 20.0 Å². The van der Waals surface area contributed by atoms with Gasteiger partial charge in [-0.15, -0.1) is 10.2 Å². The lowest BCUT2D eigenvalue weighted by atomic mass is 10.2. The molecule has 2 unspecified atom stereocenters. The summed E-state index contributed by atoms with van der Waals surface area (Å²) in [4.78, 5) is 10.9. The minimum atomic E-state index is 0.0388. The summed E-state index contributed by atoms with van der Waals surface area (Å²) in [7, 11) is 1.86. The van der Waals surface area contributed by atoms with Crippen LogP contribution in [0.3, 0.4) is 0 Å². The third-order valence-corrected chi connectivity index (χ3v) is 4.15. The van der Waals surface area contributed by atoms with Gasteiger partial charge in [0.05, 0.1) is 6.04 Å². The van der Waals surface area contributed by atoms with Crippen LogP contribution in [0.25, 0.3) is 0 Å². The summed E-state index contributed by atoms with van der Waals surface area (Å²) < 4.78 is 5.48. The number of hydrogen-bond acceptors (Lipinski definition) is 8. The van der Waals surface area contributed by atoms with Gasteiger partial charge in [-0.05, 0) is 19.8 Å². The molecule has 2 atom stereocenters. The molecule has 0 spiro atoms. The Balaban J connectivity index is 1.62. The summed E-state index contributed by atoms with van der Waals surface area (Å²) in [5.74, 6) is 3.03. The molecule has 2 aromatic heterocycles. The zero-order valence-corrected chi connectivity index (χ0v) is 13.8. The molecule has 0 saturated carbocycles. The van der Waals surface area contributed by atoms with E-state index >= 15 is 0 Å². The molecule has 1 aliphatic heterocycles. The Bertz CT molecular complexity index is 644. The number of rotatable bonds is 6. The standard InChI is InChI=1S/C15H23N7O/c1-10(15-21-20-11(2)23-15)17-8-12-5-4-6-22(12)14-7-13(16-3)18-9-19-14/h7,9-10,12,17H,4-6,8H2,1-3H3,(H,16,18,19). The summed E-state index contributed by atoms with van der Waals surface area (Å²) in [6, 6.07) is 2.43. The highest BCUT2D eigenvalue weighted by Crippen LogP contribution is 2.25. The van der Waals surface area contributed by atoms with Crippen molar-refractivity contribution in [1.29, 1.82) is 0 Å². The fourth-order valence-electron chi connectivity index (χ4n) is 2.88. The van der Waals surface area contributed by atoms with Crippen LogP contribution in [0.15, 0.2) is 16.8 Å². The van der Waals surface area contributed by atoms with Gasteiger partial charge in [0.2, 0.25) is 11.8 Å². The lowest BCUT2D eigenvalue weighted by Crippen LogP contribution is -2.39. The van der Waals surface area contributed by atoms with Gasteiger partial charge >= 0.3 is 0 Å². The molecule has 2 aromatic rings. The van der Waals surface area contributed by atoms with Crippen LogP contribution in [0, 0.1) is 6.92 Å². The average Bonchev–Trinajstić information content (AvgIpc) is 3.21. The molecule has 8 heteroatoms. The van der Waals surface area contributed by atoms with Crippen LogP contribution in [0.1, 0.15) is 37.6 Å². The predicted molar refractivity (Wildman–Crippen MR) is 87.4 cm³/mol. The molecule has 1 aliphatic rings. The molecule has 3 rings (SSSR count). The van der Waals surface area contributed by atoms with Crippen LogP contribution in [0.4, 0.5) is 11.6 Å². The summed E-state index contributed by atoms with van der Waals surface area (Å²) in [6.45, 7) is 5.70. The van der Waals surface area contributed by atoms with Gasteiger partial charge in [0.25, 0.3) is 0 Å². The molecule has 0 aromatic carbocycles. The summed E-state index contributed by atoms with van der Waals surface area (Å²) in [5, 5.41) is 14.5.